The monoisotopic (exact) mass is 240 g/mol. The maximum Gasteiger partial charge on any atom is 0.317 e. The van der Waals surface area contributed by atoms with Crippen molar-refractivity contribution in [2.75, 3.05) is 19.6 Å². The zero-order chi connectivity index (χ0) is 12.3. The molecule has 96 valence electrons. The van der Waals surface area contributed by atoms with E-state index in [-0.39, 0.29) is 12.6 Å². The third-order valence-corrected chi connectivity index (χ3v) is 3.78. The van der Waals surface area contributed by atoms with Crippen LogP contribution in [0.4, 0.5) is 4.79 Å². The first-order chi connectivity index (χ1) is 8.14. The molecule has 5 heteroatoms. The van der Waals surface area contributed by atoms with E-state index in [2.05, 4.69) is 5.32 Å². The van der Waals surface area contributed by atoms with E-state index in [0.29, 0.717) is 12.8 Å². The molecule has 2 fully saturated rings. The molecule has 2 aliphatic rings. The lowest BCUT2D eigenvalue weighted by molar-refractivity contribution is -0.143. The molecule has 1 saturated carbocycles. The van der Waals surface area contributed by atoms with Crippen LogP contribution in [0, 0.1) is 5.41 Å². The maximum atomic E-state index is 11.9. The van der Waals surface area contributed by atoms with Gasteiger partial charge in [-0.2, -0.15) is 0 Å². The summed E-state index contributed by atoms with van der Waals surface area (Å²) < 4.78 is 0. The summed E-state index contributed by atoms with van der Waals surface area (Å²) in [5, 5.41) is 11.8. The van der Waals surface area contributed by atoms with Gasteiger partial charge in [-0.25, -0.2) is 4.79 Å². The third-order valence-electron chi connectivity index (χ3n) is 3.78. The summed E-state index contributed by atoms with van der Waals surface area (Å²) in [7, 11) is 0. The van der Waals surface area contributed by atoms with E-state index >= 15 is 0 Å². The van der Waals surface area contributed by atoms with Gasteiger partial charge in [-0.1, -0.05) is 12.8 Å². The Balaban J connectivity index is 1.78. The summed E-state index contributed by atoms with van der Waals surface area (Å²) in [6, 6.07) is -0.0978. The van der Waals surface area contributed by atoms with Gasteiger partial charge < -0.3 is 15.3 Å². The van der Waals surface area contributed by atoms with Crippen molar-refractivity contribution < 1.29 is 14.7 Å². The summed E-state index contributed by atoms with van der Waals surface area (Å²) in [6.45, 7) is 1.87. The van der Waals surface area contributed by atoms with Crippen molar-refractivity contribution in [2.45, 2.75) is 38.5 Å². The van der Waals surface area contributed by atoms with E-state index in [9.17, 15) is 9.59 Å². The Morgan fingerprint density at radius 1 is 1.12 bits per heavy atom. The topological polar surface area (TPSA) is 69.6 Å². The molecule has 2 N–H and O–H groups in total. The van der Waals surface area contributed by atoms with Crippen molar-refractivity contribution in [3.05, 3.63) is 0 Å². The molecule has 1 heterocycles. The second-order valence-electron chi connectivity index (χ2n) is 5.15. The third kappa shape index (κ3) is 2.90. The van der Waals surface area contributed by atoms with E-state index < -0.39 is 11.4 Å². The van der Waals surface area contributed by atoms with Gasteiger partial charge in [-0.3, -0.25) is 4.79 Å². The molecule has 1 aliphatic heterocycles. The van der Waals surface area contributed by atoms with Crippen molar-refractivity contribution in [1.82, 2.24) is 10.2 Å². The lowest BCUT2D eigenvalue weighted by Crippen LogP contribution is -2.43. The van der Waals surface area contributed by atoms with Crippen LogP contribution in [0.5, 0.6) is 0 Å². The summed E-state index contributed by atoms with van der Waals surface area (Å²) in [5.41, 5.74) is -0.665. The van der Waals surface area contributed by atoms with Crippen LogP contribution >= 0.6 is 0 Å². The summed E-state index contributed by atoms with van der Waals surface area (Å²) in [4.78, 5) is 24.6. The molecule has 0 spiro atoms. The highest BCUT2D eigenvalue weighted by molar-refractivity contribution is 5.80. The quantitative estimate of drug-likeness (QED) is 0.784. The van der Waals surface area contributed by atoms with Gasteiger partial charge in [0.25, 0.3) is 0 Å². The van der Waals surface area contributed by atoms with Crippen LogP contribution in [0.25, 0.3) is 0 Å². The molecule has 1 aliphatic carbocycles. The van der Waals surface area contributed by atoms with Crippen LogP contribution in [0.2, 0.25) is 0 Å². The van der Waals surface area contributed by atoms with Crippen molar-refractivity contribution in [3.63, 3.8) is 0 Å². The number of nitrogens with one attached hydrogen (secondary N) is 1. The Labute approximate surface area is 101 Å². The maximum absolute atomic E-state index is 11.9. The molecule has 0 radical (unpaired) electrons. The number of carboxylic acid groups (broad SMARTS) is 1. The van der Waals surface area contributed by atoms with Gasteiger partial charge in [-0.15, -0.1) is 0 Å². The van der Waals surface area contributed by atoms with Crippen LogP contribution in [-0.2, 0) is 4.79 Å². The molecular weight excluding hydrogens is 220 g/mol. The number of amides is 2. The standard InChI is InChI=1S/C12H20N2O3/c15-10(16)12(5-6-12)9-13-11(17)14-7-3-1-2-4-8-14/h1-9H2,(H,13,17)(H,15,16). The normalized spacial score (nSPS) is 22.7. The molecule has 17 heavy (non-hydrogen) atoms. The molecular formula is C12H20N2O3. The van der Waals surface area contributed by atoms with E-state index in [0.717, 1.165) is 25.9 Å². The number of hydrogen-bond acceptors (Lipinski definition) is 2. The predicted octanol–water partition coefficient (Wildman–Crippen LogP) is 1.44. The van der Waals surface area contributed by atoms with Crippen molar-refractivity contribution in [1.29, 1.82) is 0 Å². The smallest absolute Gasteiger partial charge is 0.317 e. The van der Waals surface area contributed by atoms with Crippen LogP contribution in [0.3, 0.4) is 0 Å². The summed E-state index contributed by atoms with van der Waals surface area (Å²) in [5.74, 6) is -0.784. The highest BCUT2D eigenvalue weighted by atomic mass is 16.4. The van der Waals surface area contributed by atoms with Crippen molar-refractivity contribution in [2.24, 2.45) is 5.41 Å². The number of likely N-dealkylation sites (tertiary alicyclic amines) is 1. The average Bonchev–Trinajstić information content (AvgIpc) is 3.11. The lowest BCUT2D eigenvalue weighted by Gasteiger charge is -2.22. The van der Waals surface area contributed by atoms with E-state index in [1.165, 1.54) is 12.8 Å². The van der Waals surface area contributed by atoms with Gasteiger partial charge in [-0.05, 0) is 25.7 Å². The molecule has 1 saturated heterocycles. The van der Waals surface area contributed by atoms with Gasteiger partial charge in [0.2, 0.25) is 0 Å². The number of carbonyl (C=O) groups excluding carboxylic acids is 1. The van der Waals surface area contributed by atoms with Gasteiger partial charge in [0.15, 0.2) is 0 Å². The minimum Gasteiger partial charge on any atom is -0.481 e. The number of nitrogens with zero attached hydrogens (tertiary/aromatic N) is 1. The first-order valence-corrected chi connectivity index (χ1v) is 6.40. The summed E-state index contributed by atoms with van der Waals surface area (Å²) in [6.07, 6.45) is 5.84. The van der Waals surface area contributed by atoms with Gasteiger partial charge >= 0.3 is 12.0 Å². The predicted molar refractivity (Wildman–Crippen MR) is 62.7 cm³/mol. The number of aliphatic carboxylic acids is 1. The largest absolute Gasteiger partial charge is 0.481 e. The molecule has 0 aromatic carbocycles. The van der Waals surface area contributed by atoms with Crippen molar-refractivity contribution in [3.8, 4) is 0 Å². The molecule has 0 atom stereocenters. The Hall–Kier alpha value is -1.26. The molecule has 2 amide bonds. The van der Waals surface area contributed by atoms with Gasteiger partial charge in [0.05, 0.1) is 5.41 Å². The minimum absolute atomic E-state index is 0.0978. The zero-order valence-corrected chi connectivity index (χ0v) is 10.1. The molecule has 0 bridgehead atoms. The fourth-order valence-electron chi connectivity index (χ4n) is 2.25. The van der Waals surface area contributed by atoms with Crippen LogP contribution < -0.4 is 5.32 Å². The zero-order valence-electron chi connectivity index (χ0n) is 10.1. The molecule has 0 aromatic heterocycles. The number of carbonyl (C=O) groups is 2. The second-order valence-corrected chi connectivity index (χ2v) is 5.15. The summed E-state index contributed by atoms with van der Waals surface area (Å²) >= 11 is 0. The van der Waals surface area contributed by atoms with Crippen LogP contribution in [-0.4, -0.2) is 41.6 Å². The molecule has 5 nitrogen and oxygen atoms in total. The van der Waals surface area contributed by atoms with Crippen LogP contribution in [0.1, 0.15) is 38.5 Å². The number of hydrogen-bond donors (Lipinski definition) is 2. The Kier molecular flexibility index (Phi) is 3.54. The van der Waals surface area contributed by atoms with E-state index in [1.807, 2.05) is 4.90 Å². The lowest BCUT2D eigenvalue weighted by atomic mass is 10.1. The van der Waals surface area contributed by atoms with E-state index in [4.69, 9.17) is 5.11 Å². The number of carboxylic acids is 1. The Morgan fingerprint density at radius 2 is 1.71 bits per heavy atom. The van der Waals surface area contributed by atoms with E-state index in [1.54, 1.807) is 0 Å². The Morgan fingerprint density at radius 3 is 2.18 bits per heavy atom. The molecule has 0 unspecified atom stereocenters. The van der Waals surface area contributed by atoms with Crippen LogP contribution in [0.15, 0.2) is 0 Å². The first kappa shape index (κ1) is 12.2. The first-order valence-electron chi connectivity index (χ1n) is 6.40. The van der Waals surface area contributed by atoms with Crippen molar-refractivity contribution >= 4 is 12.0 Å². The van der Waals surface area contributed by atoms with Gasteiger partial charge in [0, 0.05) is 19.6 Å². The highest BCUT2D eigenvalue weighted by Gasteiger charge is 2.50. The second kappa shape index (κ2) is 4.94. The molecule has 0 aromatic rings. The average molecular weight is 240 g/mol. The minimum atomic E-state index is -0.784. The fourth-order valence-corrected chi connectivity index (χ4v) is 2.25. The number of rotatable bonds is 3. The number of urea groups is 1. The molecule has 2 rings (SSSR count). The fraction of sp³-hybridized carbons (Fsp3) is 0.833. The van der Waals surface area contributed by atoms with Gasteiger partial charge in [0.1, 0.15) is 0 Å². The SMILES string of the molecule is O=C(NCC1(C(=O)O)CC1)N1CCCCCC1. The Bertz CT molecular complexity index is 305. The highest BCUT2D eigenvalue weighted by Crippen LogP contribution is 2.45.